The summed E-state index contributed by atoms with van der Waals surface area (Å²) in [6.07, 6.45) is 0.387. The second kappa shape index (κ2) is 6.27. The van der Waals surface area contributed by atoms with Crippen LogP contribution in [0.4, 0.5) is 0 Å². The lowest BCUT2D eigenvalue weighted by molar-refractivity contribution is 0.387. The zero-order valence-corrected chi connectivity index (χ0v) is 11.6. The number of ether oxygens (including phenoxy) is 2. The van der Waals surface area contributed by atoms with Crippen molar-refractivity contribution in [1.29, 1.82) is 5.26 Å². The molecule has 1 N–H and O–H groups in total. The Labute approximate surface area is 109 Å². The van der Waals surface area contributed by atoms with Gasteiger partial charge in [-0.2, -0.15) is 5.26 Å². The van der Waals surface area contributed by atoms with Gasteiger partial charge in [0.2, 0.25) is 0 Å². The van der Waals surface area contributed by atoms with Crippen molar-refractivity contribution < 1.29 is 9.47 Å². The summed E-state index contributed by atoms with van der Waals surface area (Å²) in [5, 5.41) is 12.0. The number of nitrogens with one attached hydrogen (secondary N) is 1. The summed E-state index contributed by atoms with van der Waals surface area (Å²) in [5.41, 5.74) is 3.07. The first-order valence-electron chi connectivity index (χ1n) is 5.86. The Morgan fingerprint density at radius 2 is 1.94 bits per heavy atom. The largest absolute Gasteiger partial charge is 0.496 e. The lowest BCUT2D eigenvalue weighted by atomic mass is 9.96. The Hall–Kier alpha value is -1.73. The van der Waals surface area contributed by atoms with Crippen molar-refractivity contribution in [1.82, 2.24) is 5.32 Å². The molecule has 0 fully saturated rings. The van der Waals surface area contributed by atoms with E-state index in [4.69, 9.17) is 14.7 Å². The maximum atomic E-state index is 8.88. The molecule has 0 saturated carbocycles. The minimum atomic E-state index is -0.0573. The van der Waals surface area contributed by atoms with Crippen LogP contribution in [-0.2, 0) is 0 Å². The zero-order chi connectivity index (χ0) is 13.7. The predicted octanol–water partition coefficient (Wildman–Crippen LogP) is 2.49. The third-order valence-electron chi connectivity index (χ3n) is 3.26. The van der Waals surface area contributed by atoms with Gasteiger partial charge in [0.1, 0.15) is 11.5 Å². The number of nitriles is 1. The van der Waals surface area contributed by atoms with Crippen LogP contribution in [-0.4, -0.2) is 21.3 Å². The summed E-state index contributed by atoms with van der Waals surface area (Å²) < 4.78 is 10.9. The predicted molar refractivity (Wildman–Crippen MR) is 71.1 cm³/mol. The first kappa shape index (κ1) is 14.3. The van der Waals surface area contributed by atoms with Crippen LogP contribution < -0.4 is 14.8 Å². The van der Waals surface area contributed by atoms with Crippen molar-refractivity contribution in [2.45, 2.75) is 26.3 Å². The first-order chi connectivity index (χ1) is 8.60. The Morgan fingerprint density at radius 3 is 2.39 bits per heavy atom. The van der Waals surface area contributed by atoms with Crippen molar-refractivity contribution in [3.8, 4) is 17.6 Å². The quantitative estimate of drug-likeness (QED) is 0.869. The third-order valence-corrected chi connectivity index (χ3v) is 3.26. The lowest BCUT2D eigenvalue weighted by Gasteiger charge is -2.21. The van der Waals surface area contributed by atoms with Crippen LogP contribution in [0.25, 0.3) is 0 Å². The van der Waals surface area contributed by atoms with E-state index in [1.165, 1.54) is 0 Å². The van der Waals surface area contributed by atoms with Crippen LogP contribution in [0.2, 0.25) is 0 Å². The molecule has 0 saturated heterocycles. The number of hydrogen-bond acceptors (Lipinski definition) is 4. The minimum absolute atomic E-state index is 0.0573. The van der Waals surface area contributed by atoms with Gasteiger partial charge in [0, 0.05) is 11.6 Å². The molecule has 0 heterocycles. The van der Waals surface area contributed by atoms with Crippen molar-refractivity contribution >= 4 is 0 Å². The molecule has 0 aromatic heterocycles. The molecule has 4 nitrogen and oxygen atoms in total. The van der Waals surface area contributed by atoms with E-state index in [9.17, 15) is 0 Å². The van der Waals surface area contributed by atoms with Crippen molar-refractivity contribution in [3.05, 3.63) is 22.8 Å². The fraction of sp³-hybridized carbons (Fsp3) is 0.500. The summed E-state index contributed by atoms with van der Waals surface area (Å²) >= 11 is 0. The summed E-state index contributed by atoms with van der Waals surface area (Å²) in [6.45, 7) is 4.00. The molecular weight excluding hydrogens is 228 g/mol. The second-order valence-corrected chi connectivity index (χ2v) is 4.15. The zero-order valence-electron chi connectivity index (χ0n) is 11.6. The molecule has 98 valence electrons. The Kier molecular flexibility index (Phi) is 4.99. The Morgan fingerprint density at radius 1 is 1.28 bits per heavy atom. The third kappa shape index (κ3) is 2.57. The van der Waals surface area contributed by atoms with E-state index in [1.54, 1.807) is 14.2 Å². The van der Waals surface area contributed by atoms with Gasteiger partial charge in [-0.15, -0.1) is 0 Å². The topological polar surface area (TPSA) is 54.3 Å². The van der Waals surface area contributed by atoms with Crippen molar-refractivity contribution in [2.24, 2.45) is 0 Å². The molecule has 1 aromatic rings. The monoisotopic (exact) mass is 248 g/mol. The average molecular weight is 248 g/mol. The smallest absolute Gasteiger partial charge is 0.127 e. The molecule has 1 atom stereocenters. The van der Waals surface area contributed by atoms with Gasteiger partial charge in [0.25, 0.3) is 0 Å². The molecule has 0 amide bonds. The van der Waals surface area contributed by atoms with E-state index in [-0.39, 0.29) is 6.04 Å². The Balaban J connectivity index is 3.41. The maximum Gasteiger partial charge on any atom is 0.127 e. The summed E-state index contributed by atoms with van der Waals surface area (Å²) in [7, 11) is 5.14. The maximum absolute atomic E-state index is 8.88. The summed E-state index contributed by atoms with van der Waals surface area (Å²) in [6, 6.07) is 4.07. The molecule has 4 heteroatoms. The summed E-state index contributed by atoms with van der Waals surface area (Å²) in [5.74, 6) is 1.64. The van der Waals surface area contributed by atoms with Crippen molar-refractivity contribution in [2.75, 3.05) is 21.3 Å². The van der Waals surface area contributed by atoms with Gasteiger partial charge in [-0.25, -0.2) is 0 Å². The van der Waals surface area contributed by atoms with Gasteiger partial charge in [-0.3, -0.25) is 0 Å². The van der Waals surface area contributed by atoms with E-state index in [0.717, 1.165) is 28.2 Å². The molecule has 0 aliphatic carbocycles. The van der Waals surface area contributed by atoms with Crippen molar-refractivity contribution in [3.63, 3.8) is 0 Å². The number of methoxy groups -OCH3 is 2. The van der Waals surface area contributed by atoms with Gasteiger partial charge in [0.15, 0.2) is 0 Å². The second-order valence-electron chi connectivity index (χ2n) is 4.15. The molecule has 1 unspecified atom stereocenters. The number of hydrogen-bond donors (Lipinski definition) is 1. The van der Waals surface area contributed by atoms with E-state index in [1.807, 2.05) is 27.0 Å². The molecule has 1 rings (SSSR count). The van der Waals surface area contributed by atoms with Gasteiger partial charge in [-0.1, -0.05) is 0 Å². The van der Waals surface area contributed by atoms with Crippen LogP contribution in [0.3, 0.4) is 0 Å². The Bertz CT molecular complexity index is 464. The van der Waals surface area contributed by atoms with Crippen LogP contribution in [0, 0.1) is 25.2 Å². The number of nitrogens with zero attached hydrogens (tertiary/aromatic N) is 1. The summed E-state index contributed by atoms with van der Waals surface area (Å²) in [4.78, 5) is 0. The molecule has 1 aromatic carbocycles. The fourth-order valence-corrected chi connectivity index (χ4v) is 2.09. The molecule has 0 radical (unpaired) electrons. The van der Waals surface area contributed by atoms with Gasteiger partial charge < -0.3 is 14.8 Å². The molecular formula is C14H20N2O2. The van der Waals surface area contributed by atoms with E-state index < -0.39 is 0 Å². The fourth-order valence-electron chi connectivity index (χ4n) is 2.09. The van der Waals surface area contributed by atoms with E-state index in [2.05, 4.69) is 11.4 Å². The minimum Gasteiger partial charge on any atom is -0.496 e. The normalized spacial score (nSPS) is 11.8. The van der Waals surface area contributed by atoms with Gasteiger partial charge in [-0.05, 0) is 38.1 Å². The molecule has 18 heavy (non-hydrogen) atoms. The number of rotatable bonds is 5. The van der Waals surface area contributed by atoms with E-state index in [0.29, 0.717) is 6.42 Å². The average Bonchev–Trinajstić information content (AvgIpc) is 2.39. The molecule has 0 aliphatic rings. The SMILES string of the molecule is CNC(CC#N)c1cc(OC)c(C)c(C)c1OC. The lowest BCUT2D eigenvalue weighted by Crippen LogP contribution is -2.17. The van der Waals surface area contributed by atoms with Gasteiger partial charge in [0.05, 0.1) is 26.7 Å². The first-order valence-corrected chi connectivity index (χ1v) is 5.86. The van der Waals surface area contributed by atoms with Crippen LogP contribution >= 0.6 is 0 Å². The van der Waals surface area contributed by atoms with Crippen LogP contribution in [0.15, 0.2) is 6.07 Å². The van der Waals surface area contributed by atoms with E-state index >= 15 is 0 Å². The molecule has 0 bridgehead atoms. The highest BCUT2D eigenvalue weighted by atomic mass is 16.5. The molecule has 0 spiro atoms. The van der Waals surface area contributed by atoms with Crippen LogP contribution in [0.1, 0.15) is 29.2 Å². The number of benzene rings is 1. The molecule has 0 aliphatic heterocycles. The highest BCUT2D eigenvalue weighted by Gasteiger charge is 2.19. The standard InChI is InChI=1S/C14H20N2O2/c1-9-10(2)14(18-5)11(8-13(9)17-4)12(16-3)6-7-15/h8,12,16H,6H2,1-5H3. The van der Waals surface area contributed by atoms with Crippen LogP contribution in [0.5, 0.6) is 11.5 Å². The van der Waals surface area contributed by atoms with Gasteiger partial charge >= 0.3 is 0 Å². The highest BCUT2D eigenvalue weighted by Crippen LogP contribution is 2.37. The highest BCUT2D eigenvalue weighted by molar-refractivity contribution is 5.53.